The van der Waals surface area contributed by atoms with E-state index < -0.39 is 6.89 Å². The van der Waals surface area contributed by atoms with Crippen molar-refractivity contribution in [3.05, 3.63) is 115 Å². The van der Waals surface area contributed by atoms with Crippen LogP contribution in [0.4, 0.5) is 0 Å². The third-order valence-electron chi connectivity index (χ3n) is 7.79. The molecular weight excluding hydrogens is 523 g/mol. The van der Waals surface area contributed by atoms with Gasteiger partial charge in [0.2, 0.25) is 0 Å². The van der Waals surface area contributed by atoms with Crippen LogP contribution in [0.15, 0.2) is 115 Å². The average Bonchev–Trinajstić information content (AvgIpc) is 3.02. The van der Waals surface area contributed by atoms with Gasteiger partial charge in [-0.15, -0.1) is 0 Å². The average molecular weight is 571 g/mol. The van der Waals surface area contributed by atoms with E-state index in [0.717, 1.165) is 5.57 Å². The van der Waals surface area contributed by atoms with Crippen molar-refractivity contribution in [2.75, 3.05) is 13.7 Å². The summed E-state index contributed by atoms with van der Waals surface area (Å²) in [6.07, 6.45) is 17.0. The fraction of sp³-hybridized carbons (Fsp3) is 0.351. The van der Waals surface area contributed by atoms with Crippen molar-refractivity contribution in [3.8, 4) is 0 Å². The lowest BCUT2D eigenvalue weighted by Crippen LogP contribution is -2.30. The lowest BCUT2D eigenvalue weighted by molar-refractivity contribution is -0.137. The Morgan fingerprint density at radius 2 is 1.32 bits per heavy atom. The Hall–Kier alpha value is -3.13. The molecule has 0 aromatic heterocycles. The van der Waals surface area contributed by atoms with Crippen molar-refractivity contribution in [3.63, 3.8) is 0 Å². The largest absolute Gasteiger partial charge is 0.463 e. The number of benzene rings is 3. The van der Waals surface area contributed by atoms with E-state index in [9.17, 15) is 4.79 Å². The molecular formula is C37H47O3P. The molecule has 0 bridgehead atoms. The molecule has 3 aromatic rings. The molecule has 0 N–H and O–H groups in total. The summed E-state index contributed by atoms with van der Waals surface area (Å²) in [6.45, 7) is 4.66. The molecule has 0 aliphatic heterocycles. The minimum Gasteiger partial charge on any atom is -0.463 e. The fourth-order valence-corrected chi connectivity index (χ4v) is 8.69. The molecule has 0 amide bonds. The number of hydrogen-bond acceptors (Lipinski definition) is 3. The fourth-order valence-electron chi connectivity index (χ4n) is 5.75. The molecule has 218 valence electrons. The van der Waals surface area contributed by atoms with Crippen molar-refractivity contribution in [2.45, 2.75) is 59.0 Å². The number of ether oxygens (including phenoxy) is 2. The maximum atomic E-state index is 11.3. The predicted molar refractivity (Wildman–Crippen MR) is 178 cm³/mol. The van der Waals surface area contributed by atoms with Gasteiger partial charge in [0.25, 0.3) is 0 Å². The number of allylic oxidation sites excluding steroid dienone is 2. The van der Waals surface area contributed by atoms with Gasteiger partial charge in [-0.2, -0.15) is 0 Å². The molecule has 3 nitrogen and oxygen atoms in total. The number of esters is 1. The van der Waals surface area contributed by atoms with Gasteiger partial charge in [0.05, 0.1) is 12.7 Å². The van der Waals surface area contributed by atoms with Crippen LogP contribution in [0.5, 0.6) is 0 Å². The van der Waals surface area contributed by atoms with Crippen LogP contribution in [-0.4, -0.2) is 32.1 Å². The van der Waals surface area contributed by atoms with Gasteiger partial charge < -0.3 is 9.47 Å². The molecule has 0 saturated heterocycles. The molecule has 2 atom stereocenters. The highest BCUT2D eigenvalue weighted by Crippen LogP contribution is 2.41. The molecule has 1 aliphatic carbocycles. The highest BCUT2D eigenvalue weighted by molar-refractivity contribution is 7.93. The van der Waals surface area contributed by atoms with Gasteiger partial charge in [0.15, 0.2) is 0 Å². The van der Waals surface area contributed by atoms with E-state index in [4.69, 9.17) is 15.8 Å². The minimum atomic E-state index is -1.78. The molecule has 1 saturated carbocycles. The van der Waals surface area contributed by atoms with E-state index in [-0.39, 0.29) is 12.1 Å². The molecule has 0 heterocycles. The van der Waals surface area contributed by atoms with E-state index in [1.54, 1.807) is 0 Å². The maximum absolute atomic E-state index is 11.3. The summed E-state index contributed by atoms with van der Waals surface area (Å²) in [4.78, 5) is 11.3. The summed E-state index contributed by atoms with van der Waals surface area (Å²) in [6, 6.07) is 31.9. The maximum Gasteiger partial charge on any atom is 0.330 e. The summed E-state index contributed by atoms with van der Waals surface area (Å²) in [5.74, 6) is 0.732. The Labute approximate surface area is 248 Å². The molecule has 4 rings (SSSR count). The van der Waals surface area contributed by atoms with Crippen LogP contribution >= 0.6 is 6.89 Å². The van der Waals surface area contributed by atoms with Crippen molar-refractivity contribution >= 4 is 35.1 Å². The molecule has 1 aliphatic rings. The standard InChI is InChI=1S/C19H17P.C18H30O3/c1-20(17-11-5-2-6-12-17,18-13-7-3-8-14-18)19-15-9-4-10-16-19;1-5-21-17(19)12-11-14(2)13-15(3)18(20-4)16-9-7-6-8-10-16/h2-16H,1H2;11-13,15-16,18H,5-10H2,1-4H3/b;12-11+,14-13+. The number of hydrogen-bond donors (Lipinski definition) is 0. The predicted octanol–water partition coefficient (Wildman–Crippen LogP) is 7.70. The first-order chi connectivity index (χ1) is 19.9. The Bertz CT molecular complexity index is 1170. The summed E-state index contributed by atoms with van der Waals surface area (Å²) in [5, 5.41) is 3.95. The van der Waals surface area contributed by atoms with Crippen LogP contribution < -0.4 is 15.9 Å². The van der Waals surface area contributed by atoms with Gasteiger partial charge in [0.1, 0.15) is 0 Å². The Kier molecular flexibility index (Phi) is 13.4. The second-order valence-electron chi connectivity index (χ2n) is 10.8. The van der Waals surface area contributed by atoms with Crippen molar-refractivity contribution in [1.82, 2.24) is 0 Å². The monoisotopic (exact) mass is 570 g/mol. The Balaban J connectivity index is 0.000000225. The van der Waals surface area contributed by atoms with Gasteiger partial charge in [0, 0.05) is 19.1 Å². The van der Waals surface area contributed by atoms with E-state index >= 15 is 0 Å². The first-order valence-corrected chi connectivity index (χ1v) is 16.8. The summed E-state index contributed by atoms with van der Waals surface area (Å²) < 4.78 is 10.6. The minimum absolute atomic E-state index is 0.274. The smallest absolute Gasteiger partial charge is 0.330 e. The second kappa shape index (κ2) is 17.0. The van der Waals surface area contributed by atoms with Gasteiger partial charge in [-0.1, -0.05) is 141 Å². The highest BCUT2D eigenvalue weighted by atomic mass is 31.2. The van der Waals surface area contributed by atoms with Gasteiger partial charge in [-0.25, -0.2) is 4.79 Å². The van der Waals surface area contributed by atoms with Crippen LogP contribution in [-0.2, 0) is 14.3 Å². The van der Waals surface area contributed by atoms with Crippen molar-refractivity contribution in [2.24, 2.45) is 11.8 Å². The van der Waals surface area contributed by atoms with E-state index in [1.165, 1.54) is 54.1 Å². The summed E-state index contributed by atoms with van der Waals surface area (Å²) >= 11 is 0. The quantitative estimate of drug-likeness (QED) is 0.108. The molecule has 41 heavy (non-hydrogen) atoms. The zero-order valence-corrected chi connectivity index (χ0v) is 26.1. The van der Waals surface area contributed by atoms with Crippen LogP contribution in [0.3, 0.4) is 0 Å². The first kappa shape index (κ1) is 32.4. The normalized spacial score (nSPS) is 16.0. The highest BCUT2D eigenvalue weighted by Gasteiger charge is 2.27. The first-order valence-electron chi connectivity index (χ1n) is 14.9. The topological polar surface area (TPSA) is 35.5 Å². The third kappa shape index (κ3) is 9.45. The van der Waals surface area contributed by atoms with Crippen LogP contribution in [0, 0.1) is 11.8 Å². The molecule has 1 fully saturated rings. The third-order valence-corrected chi connectivity index (χ3v) is 11.3. The number of carbonyl (C=O) groups is 1. The zero-order chi connectivity index (χ0) is 29.5. The summed E-state index contributed by atoms with van der Waals surface area (Å²) in [7, 11) is 1.81. The molecule has 4 heteroatoms. The van der Waals surface area contributed by atoms with Crippen molar-refractivity contribution in [1.29, 1.82) is 0 Å². The van der Waals surface area contributed by atoms with E-state index in [1.807, 2.05) is 27.0 Å². The molecule has 2 unspecified atom stereocenters. The number of methoxy groups -OCH3 is 1. The molecule has 0 radical (unpaired) electrons. The lowest BCUT2D eigenvalue weighted by Gasteiger charge is -2.32. The zero-order valence-electron chi connectivity index (χ0n) is 25.2. The van der Waals surface area contributed by atoms with Crippen LogP contribution in [0.25, 0.3) is 0 Å². The second-order valence-corrected chi connectivity index (χ2v) is 13.9. The number of rotatable bonds is 10. The van der Waals surface area contributed by atoms with E-state index in [2.05, 4.69) is 104 Å². The van der Waals surface area contributed by atoms with Crippen LogP contribution in [0.1, 0.15) is 52.9 Å². The van der Waals surface area contributed by atoms with Gasteiger partial charge >= 0.3 is 5.97 Å². The Morgan fingerprint density at radius 1 is 0.854 bits per heavy atom. The number of carbonyl (C=O) groups excluding carboxylic acids is 1. The van der Waals surface area contributed by atoms with Gasteiger partial charge in [-0.05, 0) is 55.4 Å². The van der Waals surface area contributed by atoms with Crippen molar-refractivity contribution < 1.29 is 14.3 Å². The van der Waals surface area contributed by atoms with Crippen LogP contribution in [0.2, 0.25) is 0 Å². The van der Waals surface area contributed by atoms with E-state index in [0.29, 0.717) is 18.4 Å². The molecule has 3 aromatic carbocycles. The SMILES string of the molecule is C=P(c1ccccc1)(c1ccccc1)c1ccccc1.CCOC(=O)/C=C/C(C)=C/C(C)C(OC)C1CCCCC1. The lowest BCUT2D eigenvalue weighted by atomic mass is 9.80. The molecule has 0 spiro atoms. The summed E-state index contributed by atoms with van der Waals surface area (Å²) in [5.41, 5.74) is 1.08. The van der Waals surface area contributed by atoms with Gasteiger partial charge in [-0.3, -0.25) is 0 Å². The Morgan fingerprint density at radius 3 is 1.73 bits per heavy atom.